The molecule has 2 N–H and O–H groups in total. The van der Waals surface area contributed by atoms with Crippen LogP contribution in [0.4, 0.5) is 5.82 Å². The van der Waals surface area contributed by atoms with Crippen molar-refractivity contribution in [2.75, 3.05) is 50.7 Å². The molecule has 0 unspecified atom stereocenters. The van der Waals surface area contributed by atoms with E-state index in [0.29, 0.717) is 17.1 Å². The van der Waals surface area contributed by atoms with Crippen molar-refractivity contribution in [3.63, 3.8) is 0 Å². The molecule has 0 bridgehead atoms. The quantitative estimate of drug-likeness (QED) is 0.573. The number of aromatic nitrogens is 1. The van der Waals surface area contributed by atoms with Gasteiger partial charge in [0.1, 0.15) is 11.7 Å². The van der Waals surface area contributed by atoms with Crippen molar-refractivity contribution in [2.45, 2.75) is 64.3 Å². The van der Waals surface area contributed by atoms with Crippen LogP contribution in [-0.2, 0) is 12.1 Å². The average Bonchev–Trinajstić information content (AvgIpc) is 3.44. The fraction of sp³-hybridized carbons (Fsp3) is 0.586. The molecule has 1 aromatic carbocycles. The first-order valence-corrected chi connectivity index (χ1v) is 14.2. The van der Waals surface area contributed by atoms with E-state index in [0.717, 1.165) is 81.6 Å². The minimum atomic E-state index is -0.788. The van der Waals surface area contributed by atoms with Gasteiger partial charge in [-0.3, -0.25) is 14.8 Å². The molecule has 0 radical (unpaired) electrons. The van der Waals surface area contributed by atoms with E-state index in [-0.39, 0.29) is 0 Å². The summed E-state index contributed by atoms with van der Waals surface area (Å²) in [6.07, 6.45) is 5.45. The van der Waals surface area contributed by atoms with E-state index < -0.39 is 5.60 Å². The topological polar surface area (TPSA) is 67.2 Å². The number of pyridine rings is 1. The molecule has 200 valence electrons. The Morgan fingerprint density at radius 1 is 1.11 bits per heavy atom. The molecule has 7 nitrogen and oxygen atoms in total. The van der Waals surface area contributed by atoms with Gasteiger partial charge < -0.3 is 15.3 Å². The molecule has 37 heavy (non-hydrogen) atoms. The Morgan fingerprint density at radius 3 is 2.49 bits per heavy atom. The fourth-order valence-corrected chi connectivity index (χ4v) is 6.26. The summed E-state index contributed by atoms with van der Waals surface area (Å²) >= 11 is 6.71. The van der Waals surface area contributed by atoms with E-state index in [4.69, 9.17) is 16.6 Å². The van der Waals surface area contributed by atoms with Crippen LogP contribution >= 0.6 is 11.6 Å². The SMILES string of the molecule is CC[C@H]1CN(c2ncc(C3=NCCN3)cc2Cl)CCN1C1CCN(Cc2ccc(C(C)(C)O)cc2)CC1. The molecule has 5 rings (SSSR count). The number of nitrogens with zero attached hydrogens (tertiary/aromatic N) is 5. The third-order valence-corrected chi connectivity index (χ3v) is 8.44. The third kappa shape index (κ3) is 6.11. The van der Waals surface area contributed by atoms with Crippen LogP contribution in [0.25, 0.3) is 0 Å². The highest BCUT2D eigenvalue weighted by atomic mass is 35.5. The maximum absolute atomic E-state index is 10.2. The van der Waals surface area contributed by atoms with Gasteiger partial charge in [0.25, 0.3) is 0 Å². The van der Waals surface area contributed by atoms with Crippen LogP contribution in [0.15, 0.2) is 41.5 Å². The maximum atomic E-state index is 10.2. The van der Waals surface area contributed by atoms with Gasteiger partial charge in [-0.2, -0.15) is 0 Å². The summed E-state index contributed by atoms with van der Waals surface area (Å²) < 4.78 is 0. The molecule has 2 saturated heterocycles. The molecule has 1 atom stereocenters. The number of nitrogens with one attached hydrogen (secondary N) is 1. The minimum Gasteiger partial charge on any atom is -0.386 e. The second-order valence-corrected chi connectivity index (χ2v) is 11.6. The molecule has 2 fully saturated rings. The summed E-state index contributed by atoms with van der Waals surface area (Å²) in [5, 5.41) is 14.2. The largest absolute Gasteiger partial charge is 0.386 e. The number of amidine groups is 1. The van der Waals surface area contributed by atoms with Crippen molar-refractivity contribution in [1.82, 2.24) is 20.1 Å². The second-order valence-electron chi connectivity index (χ2n) is 11.2. The minimum absolute atomic E-state index is 0.512. The zero-order valence-electron chi connectivity index (χ0n) is 22.5. The fourth-order valence-electron chi connectivity index (χ4n) is 5.98. The molecule has 8 heteroatoms. The lowest BCUT2D eigenvalue weighted by Crippen LogP contribution is -2.58. The third-order valence-electron chi connectivity index (χ3n) is 8.16. The van der Waals surface area contributed by atoms with Crippen molar-refractivity contribution < 1.29 is 5.11 Å². The number of halogens is 1. The van der Waals surface area contributed by atoms with Crippen LogP contribution in [0.2, 0.25) is 5.02 Å². The van der Waals surface area contributed by atoms with Crippen molar-refractivity contribution in [3.05, 3.63) is 58.2 Å². The average molecular weight is 525 g/mol. The Bertz CT molecular complexity index is 1090. The lowest BCUT2D eigenvalue weighted by Gasteiger charge is -2.47. The zero-order valence-corrected chi connectivity index (χ0v) is 23.2. The van der Waals surface area contributed by atoms with Gasteiger partial charge in [-0.05, 0) is 63.4 Å². The van der Waals surface area contributed by atoms with Crippen molar-refractivity contribution in [1.29, 1.82) is 0 Å². The highest BCUT2D eigenvalue weighted by molar-refractivity contribution is 6.33. The van der Waals surface area contributed by atoms with Gasteiger partial charge in [-0.1, -0.05) is 42.8 Å². The number of rotatable bonds is 7. The lowest BCUT2D eigenvalue weighted by molar-refractivity contribution is 0.0610. The zero-order chi connectivity index (χ0) is 26.0. The number of aliphatic imine (C=N–C) groups is 1. The van der Waals surface area contributed by atoms with Gasteiger partial charge >= 0.3 is 0 Å². The van der Waals surface area contributed by atoms with Crippen molar-refractivity contribution >= 4 is 23.3 Å². The predicted octanol–water partition coefficient (Wildman–Crippen LogP) is 3.88. The molecule has 3 aliphatic rings. The first-order chi connectivity index (χ1) is 17.8. The van der Waals surface area contributed by atoms with Crippen LogP contribution in [0.3, 0.4) is 0 Å². The van der Waals surface area contributed by atoms with E-state index >= 15 is 0 Å². The summed E-state index contributed by atoms with van der Waals surface area (Å²) in [6.45, 7) is 13.9. The number of benzene rings is 1. The van der Waals surface area contributed by atoms with Gasteiger partial charge in [0.2, 0.25) is 0 Å². The summed E-state index contributed by atoms with van der Waals surface area (Å²) in [7, 11) is 0. The smallest absolute Gasteiger partial charge is 0.147 e. The number of piperidine rings is 1. The Morgan fingerprint density at radius 2 is 1.86 bits per heavy atom. The van der Waals surface area contributed by atoms with Gasteiger partial charge in [0, 0.05) is 56.6 Å². The van der Waals surface area contributed by atoms with E-state index in [1.165, 1.54) is 18.4 Å². The molecule has 0 saturated carbocycles. The number of anilines is 1. The van der Waals surface area contributed by atoms with Gasteiger partial charge in [-0.25, -0.2) is 4.98 Å². The van der Waals surface area contributed by atoms with Crippen LogP contribution < -0.4 is 10.2 Å². The van der Waals surface area contributed by atoms with E-state index in [9.17, 15) is 5.11 Å². The van der Waals surface area contributed by atoms with E-state index in [1.54, 1.807) is 0 Å². The Hall–Kier alpha value is -2.19. The van der Waals surface area contributed by atoms with Gasteiger partial charge in [-0.15, -0.1) is 0 Å². The molecule has 0 aliphatic carbocycles. The van der Waals surface area contributed by atoms with Crippen molar-refractivity contribution in [2.24, 2.45) is 4.99 Å². The standard InChI is InChI=1S/C29H41ClN6O/c1-4-24-20-35(28-26(30)17-22(18-33-28)27-31-11-12-32-27)15-16-36(24)25-9-13-34(14-10-25)19-21-5-7-23(8-6-21)29(2,3)37/h5-8,17-18,24-25,37H,4,9-16,19-20H2,1-3H3,(H,31,32)/t24-/m0/s1. The Kier molecular flexibility index (Phi) is 8.05. The van der Waals surface area contributed by atoms with Crippen LogP contribution in [-0.4, -0.2) is 83.6 Å². The number of likely N-dealkylation sites (tertiary alicyclic amines) is 1. The first kappa shape index (κ1) is 26.4. The Balaban J connectivity index is 1.15. The lowest BCUT2D eigenvalue weighted by atomic mass is 9.96. The monoisotopic (exact) mass is 524 g/mol. The van der Waals surface area contributed by atoms with Gasteiger partial charge in [0.05, 0.1) is 17.2 Å². The van der Waals surface area contributed by atoms with Gasteiger partial charge in [0.15, 0.2) is 0 Å². The summed E-state index contributed by atoms with van der Waals surface area (Å²) in [4.78, 5) is 16.9. The molecular weight excluding hydrogens is 484 g/mol. The molecular formula is C29H41ClN6O. The molecule has 1 aromatic heterocycles. The maximum Gasteiger partial charge on any atom is 0.147 e. The van der Waals surface area contributed by atoms with E-state index in [2.05, 4.69) is 56.2 Å². The van der Waals surface area contributed by atoms with Crippen LogP contribution in [0.1, 0.15) is 56.7 Å². The number of piperazine rings is 1. The molecule has 2 aromatic rings. The summed E-state index contributed by atoms with van der Waals surface area (Å²) in [5.41, 5.74) is 2.46. The normalized spacial score (nSPS) is 22.2. The Labute approximate surface area is 226 Å². The van der Waals surface area contributed by atoms with Crippen LogP contribution in [0, 0.1) is 0 Å². The summed E-state index contributed by atoms with van der Waals surface area (Å²) in [6, 6.07) is 11.6. The number of hydrogen-bond donors (Lipinski definition) is 2. The van der Waals surface area contributed by atoms with Crippen molar-refractivity contribution in [3.8, 4) is 0 Å². The predicted molar refractivity (Wildman–Crippen MR) is 152 cm³/mol. The summed E-state index contributed by atoms with van der Waals surface area (Å²) in [5.74, 6) is 1.79. The molecule has 0 amide bonds. The molecule has 3 aliphatic heterocycles. The van der Waals surface area contributed by atoms with Crippen LogP contribution in [0.5, 0.6) is 0 Å². The van der Waals surface area contributed by atoms with E-state index in [1.807, 2.05) is 26.1 Å². The first-order valence-electron chi connectivity index (χ1n) is 13.8. The molecule has 0 spiro atoms. The highest BCUT2D eigenvalue weighted by Crippen LogP contribution is 2.30. The second kappa shape index (κ2) is 11.3. The molecule has 4 heterocycles. The number of aliphatic hydroxyl groups is 1. The number of hydrogen-bond acceptors (Lipinski definition) is 7. The highest BCUT2D eigenvalue weighted by Gasteiger charge is 2.34.